The summed E-state index contributed by atoms with van der Waals surface area (Å²) in [7, 11) is -1.46. The summed E-state index contributed by atoms with van der Waals surface area (Å²) in [5.74, 6) is -1.60. The van der Waals surface area contributed by atoms with Gasteiger partial charge in [0.25, 0.3) is 11.8 Å². The molecular weight excluding hydrogens is 1380 g/mol. The van der Waals surface area contributed by atoms with Crippen LogP contribution in [0.4, 0.5) is 31.4 Å². The second-order valence-electron chi connectivity index (χ2n) is 30.7. The van der Waals surface area contributed by atoms with Gasteiger partial charge in [-0.3, -0.25) is 29.4 Å². The number of nitrogens with zero attached hydrogens (tertiary/aromatic N) is 3. The van der Waals surface area contributed by atoms with Crippen LogP contribution in [0.1, 0.15) is 142 Å². The number of methoxy groups -OCH3 is 2. The molecule has 23 nitrogen and oxygen atoms in total. The van der Waals surface area contributed by atoms with E-state index in [-0.39, 0.29) is 124 Å². The first-order valence-electron chi connectivity index (χ1n) is 36.3. The molecule has 2 fully saturated rings. The van der Waals surface area contributed by atoms with Crippen molar-refractivity contribution in [2.24, 2.45) is 5.92 Å². The Hall–Kier alpha value is -9.70. The highest BCUT2D eigenvalue weighted by molar-refractivity contribution is 6.74. The Balaban J connectivity index is 0.940. The molecule has 9 rings (SSSR count). The minimum absolute atomic E-state index is 0.000178. The number of alkyl carbamates (subject to hydrolysis) is 1. The van der Waals surface area contributed by atoms with Crippen LogP contribution in [0.2, 0.25) is 36.3 Å². The Morgan fingerprint density at radius 2 is 1.11 bits per heavy atom. The van der Waals surface area contributed by atoms with Crippen LogP contribution >= 0.6 is 0 Å². The van der Waals surface area contributed by atoms with Crippen molar-refractivity contribution >= 4 is 75.6 Å². The Labute approximate surface area is 625 Å². The fraction of sp³-hybridized carbons (Fsp3) is 0.444. The van der Waals surface area contributed by atoms with E-state index in [4.69, 9.17) is 37.3 Å². The molecule has 106 heavy (non-hydrogen) atoms. The zero-order valence-corrected chi connectivity index (χ0v) is 65.9. The topological polar surface area (TPSA) is 271 Å². The van der Waals surface area contributed by atoms with Crippen LogP contribution < -0.4 is 45.1 Å². The molecule has 0 bridgehead atoms. The molecule has 0 saturated carbocycles. The van der Waals surface area contributed by atoms with Gasteiger partial charge in [0.1, 0.15) is 38.5 Å². The van der Waals surface area contributed by atoms with E-state index in [1.54, 1.807) is 61.2 Å². The number of rotatable bonds is 30. The van der Waals surface area contributed by atoms with Gasteiger partial charge in [-0.15, -0.1) is 0 Å². The number of nitrogens with one attached hydrogen (secondary N) is 4. The SMILES string of the molecule is C=CCOC(=O)N[C@H](C(=O)N[C@@H](C)C(=O)Nc1ccc(COC(=O)Nc2cc(OCc3cccc(COc4cc(N(CC5c6ccccc6-c6ccccc65)C(=O)O)c(C(=O)N5CCC[C@H]5CO[Si](C)(C)C(C)(C)C)cc4OC)c3)c(OC)cc2C(=O)N2CCC[C@H]2CO[Si](C)(C)C(C)(C)C)cc1)C(C)C. The summed E-state index contributed by atoms with van der Waals surface area (Å²) in [5.41, 5.74) is 6.94. The van der Waals surface area contributed by atoms with E-state index >= 15 is 4.79 Å². The predicted molar refractivity (Wildman–Crippen MR) is 414 cm³/mol. The smallest absolute Gasteiger partial charge is 0.411 e. The molecule has 568 valence electrons. The second kappa shape index (κ2) is 34.7. The third-order valence-electron chi connectivity index (χ3n) is 21.0. The van der Waals surface area contributed by atoms with Crippen LogP contribution in [0.15, 0.2) is 134 Å². The summed E-state index contributed by atoms with van der Waals surface area (Å²) < 4.78 is 49.2. The summed E-state index contributed by atoms with van der Waals surface area (Å²) in [6.07, 6.45) is 1.45. The Morgan fingerprint density at radius 3 is 1.62 bits per heavy atom. The highest BCUT2D eigenvalue weighted by Crippen LogP contribution is 2.47. The van der Waals surface area contributed by atoms with Crippen LogP contribution in [-0.2, 0) is 47.7 Å². The maximum absolute atomic E-state index is 15.3. The van der Waals surface area contributed by atoms with E-state index < -0.39 is 58.8 Å². The van der Waals surface area contributed by atoms with Crippen molar-refractivity contribution in [1.29, 1.82) is 0 Å². The van der Waals surface area contributed by atoms with Gasteiger partial charge < -0.3 is 68.1 Å². The Morgan fingerprint density at radius 1 is 0.594 bits per heavy atom. The highest BCUT2D eigenvalue weighted by atomic mass is 28.4. The van der Waals surface area contributed by atoms with E-state index in [1.807, 2.05) is 77.7 Å². The van der Waals surface area contributed by atoms with Gasteiger partial charge in [-0.05, 0) is 144 Å². The van der Waals surface area contributed by atoms with Crippen molar-refractivity contribution in [2.75, 3.05) is 69.2 Å². The van der Waals surface area contributed by atoms with Crippen molar-refractivity contribution in [3.05, 3.63) is 173 Å². The number of ether oxygens (including phenoxy) is 6. The highest BCUT2D eigenvalue weighted by Gasteiger charge is 2.43. The zero-order chi connectivity index (χ0) is 77.0. The molecule has 0 spiro atoms. The number of anilines is 3. The number of likely N-dealkylation sites (tertiary alicyclic amines) is 2. The van der Waals surface area contributed by atoms with E-state index in [0.29, 0.717) is 48.7 Å². The normalized spacial score (nSPS) is 15.7. The van der Waals surface area contributed by atoms with E-state index in [9.17, 15) is 33.9 Å². The molecule has 4 atom stereocenters. The number of hydrogen-bond acceptors (Lipinski definition) is 15. The third kappa shape index (κ3) is 19.5. The predicted octanol–water partition coefficient (Wildman–Crippen LogP) is 15.5. The number of amides is 7. The molecular formula is C81H105N7O16Si2. The van der Waals surface area contributed by atoms with Gasteiger partial charge in [-0.2, -0.15) is 0 Å². The van der Waals surface area contributed by atoms with Crippen LogP contribution in [0, 0.1) is 5.92 Å². The van der Waals surface area contributed by atoms with Crippen molar-refractivity contribution < 1.29 is 75.9 Å². The first kappa shape index (κ1) is 80.4. The molecule has 25 heteroatoms. The van der Waals surface area contributed by atoms with Crippen LogP contribution in [0.25, 0.3) is 11.1 Å². The first-order chi connectivity index (χ1) is 50.2. The van der Waals surface area contributed by atoms with Gasteiger partial charge >= 0.3 is 18.3 Å². The fourth-order valence-corrected chi connectivity index (χ4v) is 14.8. The molecule has 6 aromatic rings. The van der Waals surface area contributed by atoms with Crippen LogP contribution in [0.5, 0.6) is 23.0 Å². The number of hydrogen-bond donors (Lipinski definition) is 5. The molecule has 3 aliphatic rings. The largest absolute Gasteiger partial charge is 0.493 e. The molecule has 0 aromatic heterocycles. The van der Waals surface area contributed by atoms with Crippen LogP contribution in [0.3, 0.4) is 0 Å². The lowest BCUT2D eigenvalue weighted by atomic mass is 9.95. The summed E-state index contributed by atoms with van der Waals surface area (Å²) in [4.78, 5) is 102. The monoisotopic (exact) mass is 1490 g/mol. The maximum Gasteiger partial charge on any atom is 0.411 e. The summed E-state index contributed by atoms with van der Waals surface area (Å²) in [6, 6.07) is 33.9. The van der Waals surface area contributed by atoms with E-state index in [0.717, 1.165) is 47.9 Å². The van der Waals surface area contributed by atoms with Gasteiger partial charge in [0.05, 0.1) is 62.0 Å². The van der Waals surface area contributed by atoms with Gasteiger partial charge in [0.2, 0.25) is 11.8 Å². The molecule has 2 heterocycles. The summed E-state index contributed by atoms with van der Waals surface area (Å²) >= 11 is 0. The summed E-state index contributed by atoms with van der Waals surface area (Å²) in [6.45, 7) is 31.7. The maximum atomic E-state index is 15.3. The van der Waals surface area contributed by atoms with Crippen molar-refractivity contribution in [1.82, 2.24) is 20.4 Å². The molecule has 5 N–H and O–H groups in total. The number of carboxylic acid groups (broad SMARTS) is 1. The van der Waals surface area contributed by atoms with E-state index in [2.05, 4.69) is 95.6 Å². The van der Waals surface area contributed by atoms with Gasteiger partial charge in [0.15, 0.2) is 39.6 Å². The van der Waals surface area contributed by atoms with Crippen molar-refractivity contribution in [3.63, 3.8) is 0 Å². The number of carbonyl (C=O) groups excluding carboxylic acids is 6. The minimum Gasteiger partial charge on any atom is -0.493 e. The molecule has 7 amide bonds. The average Bonchev–Trinajstić information content (AvgIpc) is 1.61. The zero-order valence-electron chi connectivity index (χ0n) is 63.9. The fourth-order valence-electron chi connectivity index (χ4n) is 12.7. The Kier molecular flexibility index (Phi) is 26.3. The molecule has 0 radical (unpaired) electrons. The van der Waals surface area contributed by atoms with Gasteiger partial charge in [0, 0.05) is 43.4 Å². The lowest BCUT2D eigenvalue weighted by Crippen LogP contribution is -2.53. The second-order valence-corrected chi connectivity index (χ2v) is 40.3. The van der Waals surface area contributed by atoms with Crippen molar-refractivity contribution in [3.8, 4) is 34.1 Å². The average molecular weight is 1490 g/mol. The number of benzene rings is 6. The van der Waals surface area contributed by atoms with Crippen LogP contribution in [-0.4, -0.2) is 151 Å². The lowest BCUT2D eigenvalue weighted by molar-refractivity contribution is -0.128. The standard InChI is InChI=1S/C81H105N7O16Si2/c1-17-39-99-78(94)85-72(51(2)3)74(90)82-52(4)73(89)83-56-35-33-53(34-36-56)46-102-77(93)84-66-43-70(68(97-11)41-63(66)75(91)86-37-23-27-57(86)49-103-105(13,14)80(5,6)7)100-47-54-25-22-26-55(40-54)48-101-71-44-67(88(79(95)96)45-65-61-31-20-18-29-59(61)60-30-19-21-32-62(60)65)64(42-69(71)98-12)76(92)87-38-24-28-58(87)50-104-106(15,16)81(8,9)10/h17-22,25-26,29-36,40-44,51-52,57-58,65,72H,1,23-24,27-28,37-39,45-50H2,2-16H3,(H,82,90)(H,83,89)(H,84,93)(H,85,94)(H,95,96)/t52-,57-,58-,72-/m0/s1. The Bertz CT molecular complexity index is 4130. The quantitative estimate of drug-likeness (QED) is 0.0207. The number of fused-ring (bicyclic) bond motifs is 3. The molecule has 2 saturated heterocycles. The van der Waals surface area contributed by atoms with Crippen molar-refractivity contribution in [2.45, 2.75) is 174 Å². The third-order valence-corrected chi connectivity index (χ3v) is 30.0. The molecule has 0 unspecified atom stereocenters. The molecule has 1 aliphatic carbocycles. The minimum atomic E-state index is -2.20. The molecule has 6 aromatic carbocycles. The number of carbonyl (C=O) groups is 7. The summed E-state index contributed by atoms with van der Waals surface area (Å²) in [5, 5.41) is 22.0. The van der Waals surface area contributed by atoms with Gasteiger partial charge in [-0.25, -0.2) is 14.4 Å². The first-order valence-corrected chi connectivity index (χ1v) is 42.1. The molecule has 2 aliphatic heterocycles. The van der Waals surface area contributed by atoms with Gasteiger partial charge in [-0.1, -0.05) is 147 Å². The van der Waals surface area contributed by atoms with E-state index in [1.165, 1.54) is 38.2 Å². The lowest BCUT2D eigenvalue weighted by Gasteiger charge is -2.38.